The van der Waals surface area contributed by atoms with Gasteiger partial charge in [-0.2, -0.15) is 5.10 Å². The predicted molar refractivity (Wildman–Crippen MR) is 72.0 cm³/mol. The van der Waals surface area contributed by atoms with E-state index in [-0.39, 0.29) is 6.54 Å². The molecule has 2 rings (SSSR count). The van der Waals surface area contributed by atoms with Crippen LogP contribution in [0, 0.1) is 6.92 Å². The molecule has 0 amide bonds. The summed E-state index contributed by atoms with van der Waals surface area (Å²) in [6.45, 7) is 9.54. The van der Waals surface area contributed by atoms with E-state index in [9.17, 15) is 4.79 Å². The fourth-order valence-electron chi connectivity index (χ4n) is 2.53. The third-order valence-corrected chi connectivity index (χ3v) is 3.49. The lowest BCUT2D eigenvalue weighted by Crippen LogP contribution is -2.47. The summed E-state index contributed by atoms with van der Waals surface area (Å²) >= 11 is 0. The zero-order valence-electron chi connectivity index (χ0n) is 11.7. The molecule has 1 aliphatic rings. The summed E-state index contributed by atoms with van der Waals surface area (Å²) in [6, 6.07) is 2.13. The van der Waals surface area contributed by atoms with Crippen molar-refractivity contribution < 1.29 is 9.90 Å². The minimum absolute atomic E-state index is 0.153. The molecule has 0 radical (unpaired) electrons. The van der Waals surface area contributed by atoms with Gasteiger partial charge < -0.3 is 5.11 Å². The van der Waals surface area contributed by atoms with Crippen LogP contribution in [-0.2, 0) is 17.9 Å². The standard InChI is InChI=1S/C13H22N4O2/c1-3-17-12(8-11(2)14-17)9-15-4-6-16(7-5-15)10-13(18)19/h8H,3-7,9-10H2,1-2H3,(H,18,19). The largest absolute Gasteiger partial charge is 0.480 e. The molecule has 0 aliphatic carbocycles. The second-order valence-electron chi connectivity index (χ2n) is 5.04. The number of aromatic nitrogens is 2. The lowest BCUT2D eigenvalue weighted by molar-refractivity contribution is -0.138. The van der Waals surface area contributed by atoms with Crippen LogP contribution in [0.15, 0.2) is 6.07 Å². The molecular formula is C13H22N4O2. The maximum absolute atomic E-state index is 10.7. The molecule has 1 aromatic heterocycles. The molecule has 1 fully saturated rings. The summed E-state index contributed by atoms with van der Waals surface area (Å²) in [5, 5.41) is 13.2. The number of nitrogens with zero attached hydrogens (tertiary/aromatic N) is 4. The van der Waals surface area contributed by atoms with Gasteiger partial charge in [-0.05, 0) is 19.9 Å². The molecule has 0 unspecified atom stereocenters. The lowest BCUT2D eigenvalue weighted by atomic mass is 10.2. The molecule has 106 valence electrons. The van der Waals surface area contributed by atoms with E-state index in [0.29, 0.717) is 0 Å². The second-order valence-corrected chi connectivity index (χ2v) is 5.04. The van der Waals surface area contributed by atoms with E-state index in [1.54, 1.807) is 0 Å². The van der Waals surface area contributed by atoms with Crippen molar-refractivity contribution >= 4 is 5.97 Å². The zero-order valence-corrected chi connectivity index (χ0v) is 11.7. The third kappa shape index (κ3) is 3.78. The monoisotopic (exact) mass is 266 g/mol. The Morgan fingerprint density at radius 1 is 1.32 bits per heavy atom. The molecular weight excluding hydrogens is 244 g/mol. The molecule has 1 N–H and O–H groups in total. The summed E-state index contributed by atoms with van der Waals surface area (Å²) in [7, 11) is 0. The highest BCUT2D eigenvalue weighted by Gasteiger charge is 2.19. The maximum Gasteiger partial charge on any atom is 0.317 e. The van der Waals surface area contributed by atoms with Gasteiger partial charge in [0.2, 0.25) is 0 Å². The van der Waals surface area contributed by atoms with Gasteiger partial charge in [0.15, 0.2) is 0 Å². The van der Waals surface area contributed by atoms with Crippen LogP contribution in [0.2, 0.25) is 0 Å². The van der Waals surface area contributed by atoms with E-state index in [1.165, 1.54) is 5.69 Å². The Kier molecular flexibility index (Phi) is 4.55. The molecule has 0 spiro atoms. The Bertz CT molecular complexity index is 436. The summed E-state index contributed by atoms with van der Waals surface area (Å²) < 4.78 is 2.04. The Morgan fingerprint density at radius 2 is 1.95 bits per heavy atom. The van der Waals surface area contributed by atoms with Crippen molar-refractivity contribution in [2.24, 2.45) is 0 Å². The Hall–Kier alpha value is -1.40. The first-order valence-corrected chi connectivity index (χ1v) is 6.78. The number of piperazine rings is 1. The highest BCUT2D eigenvalue weighted by Crippen LogP contribution is 2.10. The van der Waals surface area contributed by atoms with Crippen molar-refractivity contribution in [1.82, 2.24) is 19.6 Å². The smallest absolute Gasteiger partial charge is 0.317 e. The van der Waals surface area contributed by atoms with Crippen LogP contribution in [0.5, 0.6) is 0 Å². The van der Waals surface area contributed by atoms with Crippen LogP contribution in [0.25, 0.3) is 0 Å². The van der Waals surface area contributed by atoms with E-state index >= 15 is 0 Å². The Balaban J connectivity index is 1.86. The molecule has 1 aromatic rings. The normalized spacial score (nSPS) is 17.8. The summed E-state index contributed by atoms with van der Waals surface area (Å²) in [6.07, 6.45) is 0. The van der Waals surface area contributed by atoms with E-state index < -0.39 is 5.97 Å². The van der Waals surface area contributed by atoms with E-state index in [1.807, 2.05) is 16.5 Å². The number of aryl methyl sites for hydroxylation is 2. The fraction of sp³-hybridized carbons (Fsp3) is 0.692. The molecule has 6 heteroatoms. The van der Waals surface area contributed by atoms with Crippen molar-refractivity contribution in [1.29, 1.82) is 0 Å². The molecule has 1 aliphatic heterocycles. The minimum Gasteiger partial charge on any atom is -0.480 e. The van der Waals surface area contributed by atoms with Crippen molar-refractivity contribution in [3.05, 3.63) is 17.5 Å². The molecule has 0 aromatic carbocycles. The van der Waals surface area contributed by atoms with E-state index in [2.05, 4.69) is 23.0 Å². The number of aliphatic carboxylic acids is 1. The molecule has 0 atom stereocenters. The number of hydrogen-bond acceptors (Lipinski definition) is 4. The highest BCUT2D eigenvalue weighted by atomic mass is 16.4. The van der Waals surface area contributed by atoms with Gasteiger partial charge in [-0.25, -0.2) is 0 Å². The number of carboxylic acid groups (broad SMARTS) is 1. The van der Waals surface area contributed by atoms with Crippen LogP contribution in [-0.4, -0.2) is 63.4 Å². The van der Waals surface area contributed by atoms with Gasteiger partial charge in [-0.3, -0.25) is 19.3 Å². The van der Waals surface area contributed by atoms with Gasteiger partial charge >= 0.3 is 5.97 Å². The van der Waals surface area contributed by atoms with Crippen LogP contribution in [0.1, 0.15) is 18.3 Å². The predicted octanol–water partition coefficient (Wildman–Crippen LogP) is 0.414. The Morgan fingerprint density at radius 3 is 2.53 bits per heavy atom. The van der Waals surface area contributed by atoms with Crippen molar-refractivity contribution in [3.8, 4) is 0 Å². The first-order valence-electron chi connectivity index (χ1n) is 6.78. The van der Waals surface area contributed by atoms with Crippen LogP contribution < -0.4 is 0 Å². The van der Waals surface area contributed by atoms with Crippen LogP contribution in [0.3, 0.4) is 0 Å². The van der Waals surface area contributed by atoms with E-state index in [0.717, 1.165) is 45.0 Å². The molecule has 1 saturated heterocycles. The third-order valence-electron chi connectivity index (χ3n) is 3.49. The topological polar surface area (TPSA) is 61.6 Å². The number of carbonyl (C=O) groups is 1. The summed E-state index contributed by atoms with van der Waals surface area (Å²) in [4.78, 5) is 15.0. The summed E-state index contributed by atoms with van der Waals surface area (Å²) in [5.74, 6) is -0.742. The molecule has 2 heterocycles. The van der Waals surface area contributed by atoms with E-state index in [4.69, 9.17) is 5.11 Å². The van der Waals surface area contributed by atoms with Gasteiger partial charge in [-0.1, -0.05) is 0 Å². The maximum atomic E-state index is 10.7. The molecule has 0 saturated carbocycles. The lowest BCUT2D eigenvalue weighted by Gasteiger charge is -2.33. The summed E-state index contributed by atoms with van der Waals surface area (Å²) in [5.41, 5.74) is 2.30. The van der Waals surface area contributed by atoms with Crippen molar-refractivity contribution in [3.63, 3.8) is 0 Å². The van der Waals surface area contributed by atoms with Crippen LogP contribution in [0.4, 0.5) is 0 Å². The van der Waals surface area contributed by atoms with Gasteiger partial charge in [0.1, 0.15) is 0 Å². The van der Waals surface area contributed by atoms with Crippen molar-refractivity contribution in [2.45, 2.75) is 26.9 Å². The highest BCUT2D eigenvalue weighted by molar-refractivity contribution is 5.69. The SMILES string of the molecule is CCn1nc(C)cc1CN1CCN(CC(=O)O)CC1. The molecule has 19 heavy (non-hydrogen) atoms. The fourth-order valence-corrected chi connectivity index (χ4v) is 2.53. The first-order chi connectivity index (χ1) is 9.08. The van der Waals surface area contributed by atoms with Gasteiger partial charge in [-0.15, -0.1) is 0 Å². The van der Waals surface area contributed by atoms with Gasteiger partial charge in [0.05, 0.1) is 17.9 Å². The second kappa shape index (κ2) is 6.16. The molecule has 6 nitrogen and oxygen atoms in total. The number of carboxylic acids is 1. The number of rotatable bonds is 5. The minimum atomic E-state index is -0.742. The van der Waals surface area contributed by atoms with Gasteiger partial charge in [0, 0.05) is 39.3 Å². The zero-order chi connectivity index (χ0) is 13.8. The Labute approximate surface area is 113 Å². The number of hydrogen-bond donors (Lipinski definition) is 1. The first kappa shape index (κ1) is 14.0. The molecule has 0 bridgehead atoms. The quantitative estimate of drug-likeness (QED) is 0.836. The van der Waals surface area contributed by atoms with Crippen molar-refractivity contribution in [2.75, 3.05) is 32.7 Å². The van der Waals surface area contributed by atoms with Gasteiger partial charge in [0.25, 0.3) is 0 Å². The average Bonchev–Trinajstić information content (AvgIpc) is 2.71. The average molecular weight is 266 g/mol. The van der Waals surface area contributed by atoms with Crippen LogP contribution >= 0.6 is 0 Å².